The highest BCUT2D eigenvalue weighted by Gasteiger charge is 2.16. The van der Waals surface area contributed by atoms with Crippen LogP contribution in [0.15, 0.2) is 23.3 Å². The Hall–Kier alpha value is -0.590. The van der Waals surface area contributed by atoms with Crippen molar-refractivity contribution in [3.8, 4) is 0 Å². The zero-order valence-electron chi connectivity index (χ0n) is 8.10. The lowest BCUT2D eigenvalue weighted by Crippen LogP contribution is -2.13. The van der Waals surface area contributed by atoms with Crippen LogP contribution >= 0.6 is 0 Å². The summed E-state index contributed by atoms with van der Waals surface area (Å²) in [6, 6.07) is 0. The van der Waals surface area contributed by atoms with Crippen molar-refractivity contribution in [2.24, 2.45) is 5.92 Å². The van der Waals surface area contributed by atoms with Crippen molar-refractivity contribution in [2.45, 2.75) is 39.8 Å². The van der Waals surface area contributed by atoms with E-state index < -0.39 is 6.17 Å². The molecular formula is C11H17F. The summed E-state index contributed by atoms with van der Waals surface area (Å²) >= 11 is 0. The molecule has 68 valence electrons. The molecule has 0 aromatic rings. The molecule has 0 N–H and O–H groups in total. The molecule has 0 spiro atoms. The number of halogens is 1. The van der Waals surface area contributed by atoms with Crippen LogP contribution < -0.4 is 0 Å². The van der Waals surface area contributed by atoms with Gasteiger partial charge in [-0.25, -0.2) is 4.39 Å². The normalized spacial score (nSPS) is 40.3. The van der Waals surface area contributed by atoms with Gasteiger partial charge in [-0.2, -0.15) is 0 Å². The number of alkyl halides is 1. The van der Waals surface area contributed by atoms with Crippen molar-refractivity contribution in [1.82, 2.24) is 0 Å². The summed E-state index contributed by atoms with van der Waals surface area (Å²) in [5, 5.41) is 0. The standard InChI is InChI=1S/C11H17F/c1-8-4-5-11(12)10(3)7-9(2)6-8/h4,6,10-11H,5,7H2,1-3H3/b8-4-,9-6+. The summed E-state index contributed by atoms with van der Waals surface area (Å²) in [5.41, 5.74) is 2.49. The highest BCUT2D eigenvalue weighted by atomic mass is 19.1. The minimum Gasteiger partial charge on any atom is -0.247 e. The molecule has 0 radical (unpaired) electrons. The molecule has 1 heteroatoms. The average molecular weight is 168 g/mol. The van der Waals surface area contributed by atoms with E-state index in [4.69, 9.17) is 0 Å². The van der Waals surface area contributed by atoms with Crippen molar-refractivity contribution in [2.75, 3.05) is 0 Å². The van der Waals surface area contributed by atoms with Gasteiger partial charge in [0.25, 0.3) is 0 Å². The SMILES string of the molecule is CC1=C/CC(F)C(C)C\C(C)=C\1. The van der Waals surface area contributed by atoms with Gasteiger partial charge in [-0.15, -0.1) is 0 Å². The molecule has 1 aliphatic rings. The van der Waals surface area contributed by atoms with Crippen molar-refractivity contribution in [3.63, 3.8) is 0 Å². The van der Waals surface area contributed by atoms with Crippen LogP contribution in [0.2, 0.25) is 0 Å². The molecule has 0 aliphatic heterocycles. The average Bonchev–Trinajstić information content (AvgIpc) is 1.98. The molecule has 0 heterocycles. The van der Waals surface area contributed by atoms with Gasteiger partial charge in [-0.05, 0) is 32.6 Å². The van der Waals surface area contributed by atoms with Crippen LogP contribution in [-0.2, 0) is 0 Å². The highest BCUT2D eigenvalue weighted by Crippen LogP contribution is 2.23. The quantitative estimate of drug-likeness (QED) is 0.518. The van der Waals surface area contributed by atoms with Gasteiger partial charge in [0, 0.05) is 0 Å². The molecule has 0 fully saturated rings. The number of rotatable bonds is 0. The van der Waals surface area contributed by atoms with Gasteiger partial charge in [0.1, 0.15) is 6.17 Å². The van der Waals surface area contributed by atoms with Gasteiger partial charge >= 0.3 is 0 Å². The molecule has 0 bridgehead atoms. The molecule has 0 nitrogen and oxygen atoms in total. The predicted octanol–water partition coefficient (Wildman–Crippen LogP) is 3.65. The van der Waals surface area contributed by atoms with E-state index in [0.29, 0.717) is 6.42 Å². The van der Waals surface area contributed by atoms with Gasteiger partial charge in [0.2, 0.25) is 0 Å². The zero-order chi connectivity index (χ0) is 9.14. The Labute approximate surface area is 74.2 Å². The van der Waals surface area contributed by atoms with Crippen LogP contribution in [0, 0.1) is 5.92 Å². The number of hydrogen-bond donors (Lipinski definition) is 0. The van der Waals surface area contributed by atoms with Crippen LogP contribution in [0.25, 0.3) is 0 Å². The van der Waals surface area contributed by atoms with Crippen LogP contribution in [0.1, 0.15) is 33.6 Å². The Bertz CT molecular complexity index is 213. The number of allylic oxidation sites excluding steroid dienone is 4. The molecule has 1 rings (SSSR count). The van der Waals surface area contributed by atoms with Gasteiger partial charge in [0.15, 0.2) is 0 Å². The zero-order valence-corrected chi connectivity index (χ0v) is 8.10. The minimum atomic E-state index is -0.663. The molecule has 0 amide bonds. The van der Waals surface area contributed by atoms with E-state index in [1.54, 1.807) is 0 Å². The fourth-order valence-corrected chi connectivity index (χ4v) is 1.67. The van der Waals surface area contributed by atoms with Gasteiger partial charge in [-0.3, -0.25) is 0 Å². The van der Waals surface area contributed by atoms with E-state index in [2.05, 4.69) is 13.0 Å². The molecule has 2 atom stereocenters. The van der Waals surface area contributed by atoms with Crippen molar-refractivity contribution in [1.29, 1.82) is 0 Å². The van der Waals surface area contributed by atoms with Gasteiger partial charge in [0.05, 0.1) is 0 Å². The summed E-state index contributed by atoms with van der Waals surface area (Å²) in [6.07, 6.45) is 4.96. The van der Waals surface area contributed by atoms with Gasteiger partial charge < -0.3 is 0 Å². The van der Waals surface area contributed by atoms with E-state index in [-0.39, 0.29) is 5.92 Å². The van der Waals surface area contributed by atoms with E-state index in [1.165, 1.54) is 11.1 Å². The van der Waals surface area contributed by atoms with E-state index in [0.717, 1.165) is 6.42 Å². The molecule has 0 aromatic heterocycles. The molecular weight excluding hydrogens is 151 g/mol. The Kier molecular flexibility index (Phi) is 3.07. The molecule has 0 aromatic carbocycles. The first kappa shape index (κ1) is 9.50. The third-order valence-corrected chi connectivity index (χ3v) is 2.40. The number of hydrogen-bond acceptors (Lipinski definition) is 0. The van der Waals surface area contributed by atoms with Crippen molar-refractivity contribution >= 4 is 0 Å². The third kappa shape index (κ3) is 2.47. The second-order valence-electron chi connectivity index (χ2n) is 3.87. The summed E-state index contributed by atoms with van der Waals surface area (Å²) in [4.78, 5) is 0. The topological polar surface area (TPSA) is 0 Å². The van der Waals surface area contributed by atoms with E-state index >= 15 is 0 Å². The van der Waals surface area contributed by atoms with E-state index in [9.17, 15) is 4.39 Å². The largest absolute Gasteiger partial charge is 0.247 e. The predicted molar refractivity (Wildman–Crippen MR) is 50.8 cm³/mol. The Balaban J connectivity index is 2.76. The Morgan fingerprint density at radius 1 is 1.42 bits per heavy atom. The van der Waals surface area contributed by atoms with E-state index in [1.807, 2.05) is 19.9 Å². The lowest BCUT2D eigenvalue weighted by molar-refractivity contribution is 0.241. The fraction of sp³-hybridized carbons (Fsp3) is 0.636. The first-order valence-electron chi connectivity index (χ1n) is 4.57. The van der Waals surface area contributed by atoms with Crippen molar-refractivity contribution < 1.29 is 4.39 Å². The molecule has 2 unspecified atom stereocenters. The molecule has 12 heavy (non-hydrogen) atoms. The first-order valence-corrected chi connectivity index (χ1v) is 4.57. The van der Waals surface area contributed by atoms with Crippen LogP contribution in [-0.4, -0.2) is 6.17 Å². The second kappa shape index (κ2) is 3.88. The van der Waals surface area contributed by atoms with Gasteiger partial charge in [-0.1, -0.05) is 30.2 Å². The maximum Gasteiger partial charge on any atom is 0.106 e. The molecule has 1 aliphatic carbocycles. The van der Waals surface area contributed by atoms with Crippen LogP contribution in [0.3, 0.4) is 0 Å². The molecule has 0 saturated heterocycles. The summed E-state index contributed by atoms with van der Waals surface area (Å²) in [6.45, 7) is 6.09. The highest BCUT2D eigenvalue weighted by molar-refractivity contribution is 5.22. The monoisotopic (exact) mass is 168 g/mol. The maximum atomic E-state index is 13.3. The summed E-state index contributed by atoms with van der Waals surface area (Å²) in [7, 11) is 0. The Morgan fingerprint density at radius 2 is 2.08 bits per heavy atom. The van der Waals surface area contributed by atoms with Crippen LogP contribution in [0.4, 0.5) is 4.39 Å². The lowest BCUT2D eigenvalue weighted by Gasteiger charge is -2.18. The van der Waals surface area contributed by atoms with Crippen LogP contribution in [0.5, 0.6) is 0 Å². The molecule has 0 saturated carbocycles. The minimum absolute atomic E-state index is 0.172. The summed E-state index contributed by atoms with van der Waals surface area (Å²) < 4.78 is 13.3. The lowest BCUT2D eigenvalue weighted by atomic mass is 9.92. The fourth-order valence-electron chi connectivity index (χ4n) is 1.67. The smallest absolute Gasteiger partial charge is 0.106 e. The summed E-state index contributed by atoms with van der Waals surface area (Å²) in [5.74, 6) is 0.172. The second-order valence-corrected chi connectivity index (χ2v) is 3.87. The third-order valence-electron chi connectivity index (χ3n) is 2.40. The maximum absolute atomic E-state index is 13.3. The Morgan fingerprint density at radius 3 is 2.75 bits per heavy atom. The first-order chi connectivity index (χ1) is 5.59. The van der Waals surface area contributed by atoms with Crippen molar-refractivity contribution in [3.05, 3.63) is 23.3 Å².